The van der Waals surface area contributed by atoms with Crippen molar-refractivity contribution >= 4 is 5.91 Å². The second kappa shape index (κ2) is 7.96. The summed E-state index contributed by atoms with van der Waals surface area (Å²) in [5, 5.41) is 7.46. The summed E-state index contributed by atoms with van der Waals surface area (Å²) in [6.45, 7) is 1.00. The molecule has 142 valence electrons. The van der Waals surface area contributed by atoms with Crippen LogP contribution in [0.1, 0.15) is 5.56 Å². The second-order valence-corrected chi connectivity index (χ2v) is 6.17. The molecular formula is C21H18FN3O3. The largest absolute Gasteiger partial charge is 0.494 e. The van der Waals surface area contributed by atoms with Gasteiger partial charge in [-0.3, -0.25) is 4.79 Å². The van der Waals surface area contributed by atoms with E-state index in [-0.39, 0.29) is 24.0 Å². The number of ether oxygens (including phenoxy) is 2. The Kier molecular flexibility index (Phi) is 5.05. The summed E-state index contributed by atoms with van der Waals surface area (Å²) in [6, 6.07) is 15.7. The van der Waals surface area contributed by atoms with Crippen molar-refractivity contribution in [3.05, 3.63) is 84.2 Å². The molecule has 1 aliphatic heterocycles. The zero-order valence-corrected chi connectivity index (χ0v) is 15.0. The highest BCUT2D eigenvalue weighted by atomic mass is 19.1. The average Bonchev–Trinajstić information content (AvgIpc) is 3.18. The monoisotopic (exact) mass is 379 g/mol. The zero-order chi connectivity index (χ0) is 19.3. The van der Waals surface area contributed by atoms with Crippen LogP contribution in [0.25, 0.3) is 16.9 Å². The lowest BCUT2D eigenvalue weighted by molar-refractivity contribution is -0.122. The molecule has 28 heavy (non-hydrogen) atoms. The fraction of sp³-hybridized carbons (Fsp3) is 0.143. The van der Waals surface area contributed by atoms with Gasteiger partial charge in [0.05, 0.1) is 11.4 Å². The van der Waals surface area contributed by atoms with Crippen molar-refractivity contribution in [2.75, 3.05) is 13.2 Å². The van der Waals surface area contributed by atoms with Gasteiger partial charge in [0.25, 0.3) is 5.91 Å². The summed E-state index contributed by atoms with van der Waals surface area (Å²) in [5.41, 5.74) is 3.10. The molecule has 0 saturated carbocycles. The van der Waals surface area contributed by atoms with Gasteiger partial charge in [-0.25, -0.2) is 9.07 Å². The first kappa shape index (κ1) is 17.8. The molecule has 0 aliphatic carbocycles. The van der Waals surface area contributed by atoms with Crippen molar-refractivity contribution in [1.82, 2.24) is 15.1 Å². The number of halogens is 1. The number of rotatable bonds is 5. The van der Waals surface area contributed by atoms with Gasteiger partial charge in [0.15, 0.2) is 0 Å². The Morgan fingerprint density at radius 3 is 2.61 bits per heavy atom. The van der Waals surface area contributed by atoms with Gasteiger partial charge in [-0.15, -0.1) is 0 Å². The molecule has 1 aromatic heterocycles. The van der Waals surface area contributed by atoms with Crippen LogP contribution in [-0.4, -0.2) is 28.9 Å². The number of hydrogen-bond acceptors (Lipinski definition) is 4. The summed E-state index contributed by atoms with van der Waals surface area (Å²) in [7, 11) is 0. The van der Waals surface area contributed by atoms with E-state index in [1.807, 2.05) is 36.5 Å². The minimum Gasteiger partial charge on any atom is -0.494 e. The first-order valence-electron chi connectivity index (χ1n) is 8.83. The predicted molar refractivity (Wildman–Crippen MR) is 101 cm³/mol. The van der Waals surface area contributed by atoms with Gasteiger partial charge in [-0.1, -0.05) is 18.2 Å². The van der Waals surface area contributed by atoms with Crippen molar-refractivity contribution in [3.63, 3.8) is 0 Å². The van der Waals surface area contributed by atoms with Crippen LogP contribution in [0.5, 0.6) is 0 Å². The highest BCUT2D eigenvalue weighted by molar-refractivity contribution is 5.91. The third kappa shape index (κ3) is 3.88. The number of hydrogen-bond donors (Lipinski definition) is 1. The quantitative estimate of drug-likeness (QED) is 0.740. The molecule has 7 heteroatoms. The lowest BCUT2D eigenvalue weighted by Gasteiger charge is -2.15. The Labute approximate surface area is 161 Å². The normalized spacial score (nSPS) is 13.2. The first-order valence-corrected chi connectivity index (χ1v) is 8.83. The van der Waals surface area contributed by atoms with E-state index in [0.717, 1.165) is 16.8 Å². The molecule has 2 heterocycles. The Morgan fingerprint density at radius 2 is 1.89 bits per heavy atom. The van der Waals surface area contributed by atoms with Crippen LogP contribution in [-0.2, 0) is 20.8 Å². The molecule has 0 fully saturated rings. The number of carbonyl (C=O) groups excluding carboxylic acids is 1. The topological polar surface area (TPSA) is 65.4 Å². The van der Waals surface area contributed by atoms with E-state index in [2.05, 4.69) is 10.4 Å². The molecule has 1 aliphatic rings. The van der Waals surface area contributed by atoms with E-state index in [9.17, 15) is 9.18 Å². The van der Waals surface area contributed by atoms with Gasteiger partial charge < -0.3 is 14.8 Å². The maximum Gasteiger partial charge on any atom is 0.289 e. The third-order valence-corrected chi connectivity index (χ3v) is 4.24. The van der Waals surface area contributed by atoms with E-state index in [1.54, 1.807) is 16.8 Å². The van der Waals surface area contributed by atoms with Gasteiger partial charge in [0, 0.05) is 23.9 Å². The third-order valence-electron chi connectivity index (χ3n) is 4.24. The highest BCUT2D eigenvalue weighted by Crippen LogP contribution is 2.24. The standard InChI is InChI=1S/C21H18FN3O3/c22-17-8-6-15(7-9-17)20-16(12-23-21(26)19-14-27-10-11-28-19)13-25(24-20)18-4-2-1-3-5-18/h1-9,13-14H,10-12H2,(H,23,26). The molecule has 0 spiro atoms. The number of carbonyl (C=O) groups is 1. The number of nitrogens with zero attached hydrogens (tertiary/aromatic N) is 2. The number of para-hydroxylation sites is 1. The lowest BCUT2D eigenvalue weighted by Crippen LogP contribution is -2.28. The second-order valence-electron chi connectivity index (χ2n) is 6.17. The molecule has 0 radical (unpaired) electrons. The molecule has 2 aromatic carbocycles. The van der Waals surface area contributed by atoms with Gasteiger partial charge in [0.1, 0.15) is 25.3 Å². The number of benzene rings is 2. The Balaban J connectivity index is 1.62. The van der Waals surface area contributed by atoms with Crippen molar-refractivity contribution in [2.45, 2.75) is 6.54 Å². The average molecular weight is 379 g/mol. The Morgan fingerprint density at radius 1 is 1.11 bits per heavy atom. The molecule has 3 aromatic rings. The van der Waals surface area contributed by atoms with E-state index in [1.165, 1.54) is 18.4 Å². The first-order chi connectivity index (χ1) is 13.7. The molecule has 1 amide bonds. The van der Waals surface area contributed by atoms with E-state index in [4.69, 9.17) is 9.47 Å². The summed E-state index contributed by atoms with van der Waals surface area (Å²) >= 11 is 0. The zero-order valence-electron chi connectivity index (χ0n) is 15.0. The maximum atomic E-state index is 13.3. The van der Waals surface area contributed by atoms with Crippen LogP contribution in [0.4, 0.5) is 4.39 Å². The summed E-state index contributed by atoms with van der Waals surface area (Å²) in [5.74, 6) is -0.537. The predicted octanol–water partition coefficient (Wildman–Crippen LogP) is 3.18. The maximum absolute atomic E-state index is 13.3. The van der Waals surface area contributed by atoms with E-state index in [0.29, 0.717) is 18.9 Å². The van der Waals surface area contributed by atoms with E-state index < -0.39 is 0 Å². The molecular weight excluding hydrogens is 361 g/mol. The van der Waals surface area contributed by atoms with Crippen LogP contribution in [0.2, 0.25) is 0 Å². The van der Waals surface area contributed by atoms with Gasteiger partial charge in [0.2, 0.25) is 5.76 Å². The number of aromatic nitrogens is 2. The SMILES string of the molecule is O=C(NCc1cn(-c2ccccc2)nc1-c1ccc(F)cc1)C1=COCCO1. The van der Waals surface area contributed by atoms with Crippen LogP contribution >= 0.6 is 0 Å². The molecule has 0 atom stereocenters. The molecule has 6 nitrogen and oxygen atoms in total. The lowest BCUT2D eigenvalue weighted by atomic mass is 10.1. The smallest absolute Gasteiger partial charge is 0.289 e. The molecule has 0 saturated heterocycles. The molecule has 0 bridgehead atoms. The summed E-state index contributed by atoms with van der Waals surface area (Å²) in [6.07, 6.45) is 3.16. The fourth-order valence-corrected chi connectivity index (χ4v) is 2.85. The summed E-state index contributed by atoms with van der Waals surface area (Å²) in [4.78, 5) is 12.3. The van der Waals surface area contributed by atoms with Crippen LogP contribution in [0.3, 0.4) is 0 Å². The minimum atomic E-state index is -0.364. The van der Waals surface area contributed by atoms with Gasteiger partial charge in [-0.2, -0.15) is 5.10 Å². The van der Waals surface area contributed by atoms with Crippen LogP contribution in [0, 0.1) is 5.82 Å². The molecule has 4 rings (SSSR count). The number of nitrogens with one attached hydrogen (secondary N) is 1. The number of amides is 1. The van der Waals surface area contributed by atoms with Crippen molar-refractivity contribution in [2.24, 2.45) is 0 Å². The molecule has 1 N–H and O–H groups in total. The molecule has 0 unspecified atom stereocenters. The summed E-state index contributed by atoms with van der Waals surface area (Å²) < 4.78 is 25.5. The Bertz CT molecular complexity index is 997. The van der Waals surface area contributed by atoms with E-state index >= 15 is 0 Å². The van der Waals surface area contributed by atoms with Crippen molar-refractivity contribution < 1.29 is 18.7 Å². The minimum absolute atomic E-state index is 0.144. The highest BCUT2D eigenvalue weighted by Gasteiger charge is 2.17. The fourth-order valence-electron chi connectivity index (χ4n) is 2.85. The van der Waals surface area contributed by atoms with Crippen LogP contribution in [0.15, 0.2) is 72.8 Å². The van der Waals surface area contributed by atoms with Gasteiger partial charge >= 0.3 is 0 Å². The van der Waals surface area contributed by atoms with Crippen molar-refractivity contribution in [3.8, 4) is 16.9 Å². The van der Waals surface area contributed by atoms with Crippen molar-refractivity contribution in [1.29, 1.82) is 0 Å². The Hall–Kier alpha value is -3.61. The van der Waals surface area contributed by atoms with Gasteiger partial charge in [-0.05, 0) is 36.4 Å². The van der Waals surface area contributed by atoms with Crippen LogP contribution < -0.4 is 5.32 Å².